The first-order valence-electron chi connectivity index (χ1n) is 7.97. The van der Waals surface area contributed by atoms with Gasteiger partial charge in [0.15, 0.2) is 0 Å². The highest BCUT2D eigenvalue weighted by Crippen LogP contribution is 2.40. The predicted octanol–water partition coefficient (Wildman–Crippen LogP) is 5.12. The summed E-state index contributed by atoms with van der Waals surface area (Å²) in [6.45, 7) is 8.34. The zero-order valence-electron chi connectivity index (χ0n) is 14.8. The van der Waals surface area contributed by atoms with E-state index in [1.54, 1.807) is 24.7 Å². The number of phenolic OH excluding ortho intramolecular Hbond substituents is 1. The Bertz CT molecular complexity index is 888. The molecule has 0 saturated carbocycles. The lowest BCUT2D eigenvalue weighted by atomic mass is 9.92. The van der Waals surface area contributed by atoms with Gasteiger partial charge in [-0.05, 0) is 35.0 Å². The quantitative estimate of drug-likeness (QED) is 0.573. The molecule has 0 aliphatic carbocycles. The second-order valence-corrected chi connectivity index (χ2v) is 9.65. The van der Waals surface area contributed by atoms with E-state index in [-0.39, 0.29) is 17.3 Å². The summed E-state index contributed by atoms with van der Waals surface area (Å²) < 4.78 is 1.46. The second kappa shape index (κ2) is 7.38. The number of anilines is 1. The molecule has 3 rings (SSSR count). The highest BCUT2D eigenvalue weighted by atomic mass is 79.9. The van der Waals surface area contributed by atoms with Crippen molar-refractivity contribution >= 4 is 65.9 Å². The van der Waals surface area contributed by atoms with Gasteiger partial charge in [0.1, 0.15) is 23.3 Å². The zero-order chi connectivity index (χ0) is 19.1. The minimum atomic E-state index is -0.137. The van der Waals surface area contributed by atoms with Gasteiger partial charge in [0.2, 0.25) is 5.13 Å². The van der Waals surface area contributed by atoms with Crippen LogP contribution in [0, 0.1) is 0 Å². The summed E-state index contributed by atoms with van der Waals surface area (Å²) >= 11 is 8.23. The SMILES string of the molecule is CC1N=CN(c2sc(N=Cc3cc(Br)cc(Br)c3O)nc2C(C)(C)C)N1. The molecule has 1 aliphatic rings. The Balaban J connectivity index is 1.97. The van der Waals surface area contributed by atoms with E-state index >= 15 is 0 Å². The molecule has 0 spiro atoms. The third-order valence-electron chi connectivity index (χ3n) is 3.63. The van der Waals surface area contributed by atoms with Crippen molar-refractivity contribution < 1.29 is 5.11 Å². The summed E-state index contributed by atoms with van der Waals surface area (Å²) in [5, 5.41) is 13.7. The number of aromatic hydroxyl groups is 1. The Morgan fingerprint density at radius 1 is 1.35 bits per heavy atom. The number of nitrogens with one attached hydrogen (secondary N) is 1. The molecule has 1 unspecified atom stereocenters. The number of benzene rings is 1. The maximum absolute atomic E-state index is 10.2. The third kappa shape index (κ3) is 4.16. The van der Waals surface area contributed by atoms with Crippen molar-refractivity contribution in [3.05, 3.63) is 32.3 Å². The summed E-state index contributed by atoms with van der Waals surface area (Å²) in [7, 11) is 0. The van der Waals surface area contributed by atoms with Gasteiger partial charge in [-0.1, -0.05) is 48.0 Å². The van der Waals surface area contributed by atoms with Crippen molar-refractivity contribution in [3.8, 4) is 5.75 Å². The molecule has 0 bridgehead atoms. The van der Waals surface area contributed by atoms with Gasteiger partial charge in [-0.15, -0.1) is 0 Å². The molecule has 2 heterocycles. The Labute approximate surface area is 173 Å². The van der Waals surface area contributed by atoms with Crippen LogP contribution >= 0.6 is 43.2 Å². The van der Waals surface area contributed by atoms with Gasteiger partial charge in [0, 0.05) is 21.7 Å². The number of nitrogens with zero attached hydrogens (tertiary/aromatic N) is 4. The molecule has 0 amide bonds. The van der Waals surface area contributed by atoms with E-state index in [0.29, 0.717) is 15.2 Å². The van der Waals surface area contributed by atoms with Crippen LogP contribution in [-0.4, -0.2) is 28.8 Å². The standard InChI is InChI=1S/C17H19Br2N5OS/c1-9-21-8-24(23-9)15-14(17(2,3)4)22-16(26-15)20-7-10-5-11(18)6-12(19)13(10)25/h5-9,23,25H,1-4H3. The van der Waals surface area contributed by atoms with Crippen LogP contribution in [0.5, 0.6) is 5.75 Å². The number of halogens is 2. The van der Waals surface area contributed by atoms with Crippen LogP contribution in [0.15, 0.2) is 31.1 Å². The largest absolute Gasteiger partial charge is 0.506 e. The first-order valence-corrected chi connectivity index (χ1v) is 10.4. The second-order valence-electron chi connectivity index (χ2n) is 6.92. The number of thiazole rings is 1. The lowest BCUT2D eigenvalue weighted by Gasteiger charge is -2.21. The number of hydrogen-bond acceptors (Lipinski definition) is 7. The van der Waals surface area contributed by atoms with Crippen molar-refractivity contribution in [1.29, 1.82) is 0 Å². The number of aliphatic imine (C=N–C) groups is 2. The van der Waals surface area contributed by atoms with Gasteiger partial charge < -0.3 is 5.11 Å². The third-order valence-corrected chi connectivity index (χ3v) is 5.66. The number of hydrogen-bond donors (Lipinski definition) is 2. The minimum absolute atomic E-state index is 0.0350. The molecular formula is C17H19Br2N5OS. The van der Waals surface area contributed by atoms with Crippen LogP contribution < -0.4 is 10.4 Å². The maximum Gasteiger partial charge on any atom is 0.211 e. The lowest BCUT2D eigenvalue weighted by Crippen LogP contribution is -2.36. The van der Waals surface area contributed by atoms with Crippen molar-refractivity contribution in [3.63, 3.8) is 0 Å². The van der Waals surface area contributed by atoms with Gasteiger partial charge in [0.25, 0.3) is 0 Å². The topological polar surface area (TPSA) is 73.1 Å². The molecule has 0 fully saturated rings. The molecule has 0 saturated heterocycles. The van der Waals surface area contributed by atoms with E-state index in [2.05, 4.69) is 68.0 Å². The Morgan fingerprint density at radius 3 is 2.69 bits per heavy atom. The molecule has 1 aromatic carbocycles. The average molecular weight is 501 g/mol. The molecule has 0 radical (unpaired) electrons. The fraction of sp³-hybridized carbons (Fsp3) is 0.353. The molecule has 2 aromatic rings. The molecule has 26 heavy (non-hydrogen) atoms. The number of aromatic nitrogens is 1. The monoisotopic (exact) mass is 499 g/mol. The number of rotatable bonds is 3. The molecule has 9 heteroatoms. The molecule has 6 nitrogen and oxygen atoms in total. The van der Waals surface area contributed by atoms with Crippen LogP contribution in [0.4, 0.5) is 10.1 Å². The molecular weight excluding hydrogens is 482 g/mol. The van der Waals surface area contributed by atoms with E-state index in [9.17, 15) is 5.11 Å². The first-order chi connectivity index (χ1) is 12.1. The highest BCUT2D eigenvalue weighted by Gasteiger charge is 2.28. The minimum Gasteiger partial charge on any atom is -0.506 e. The zero-order valence-corrected chi connectivity index (χ0v) is 18.8. The molecule has 138 valence electrons. The van der Waals surface area contributed by atoms with Gasteiger partial charge >= 0.3 is 0 Å². The van der Waals surface area contributed by atoms with Crippen molar-refractivity contribution in [2.24, 2.45) is 9.98 Å². The molecule has 1 aromatic heterocycles. The summed E-state index contributed by atoms with van der Waals surface area (Å²) in [5.74, 6) is 0.145. The number of phenols is 1. The van der Waals surface area contributed by atoms with E-state index in [0.717, 1.165) is 15.2 Å². The summed E-state index contributed by atoms with van der Waals surface area (Å²) in [6, 6.07) is 3.59. The number of hydrazine groups is 1. The van der Waals surface area contributed by atoms with Gasteiger partial charge in [-0.3, -0.25) is 10.0 Å². The van der Waals surface area contributed by atoms with E-state index < -0.39 is 0 Å². The first kappa shape index (κ1) is 19.5. The summed E-state index contributed by atoms with van der Waals surface area (Å²) in [5.41, 5.74) is 4.69. The van der Waals surface area contributed by atoms with Crippen LogP contribution in [0.3, 0.4) is 0 Å². The van der Waals surface area contributed by atoms with Crippen LogP contribution in [0.1, 0.15) is 39.0 Å². The summed E-state index contributed by atoms with van der Waals surface area (Å²) in [4.78, 5) is 13.5. The lowest BCUT2D eigenvalue weighted by molar-refractivity contribution is 0.471. The van der Waals surface area contributed by atoms with Crippen LogP contribution in [0.2, 0.25) is 0 Å². The Kier molecular flexibility index (Phi) is 5.53. The van der Waals surface area contributed by atoms with Crippen molar-refractivity contribution in [1.82, 2.24) is 10.4 Å². The van der Waals surface area contributed by atoms with E-state index in [1.165, 1.54) is 11.3 Å². The molecule has 1 atom stereocenters. The normalized spacial score (nSPS) is 17.6. The maximum atomic E-state index is 10.2. The Hall–Kier alpha value is -1.29. The fourth-order valence-electron chi connectivity index (χ4n) is 2.36. The van der Waals surface area contributed by atoms with Crippen LogP contribution in [0.25, 0.3) is 0 Å². The van der Waals surface area contributed by atoms with Gasteiger partial charge in [0.05, 0.1) is 10.2 Å². The smallest absolute Gasteiger partial charge is 0.211 e. The van der Waals surface area contributed by atoms with Gasteiger partial charge in [-0.25, -0.2) is 15.4 Å². The van der Waals surface area contributed by atoms with Gasteiger partial charge in [-0.2, -0.15) is 0 Å². The Morgan fingerprint density at radius 2 is 2.08 bits per heavy atom. The van der Waals surface area contributed by atoms with E-state index in [1.807, 2.05) is 11.9 Å². The molecule has 1 aliphatic heterocycles. The predicted molar refractivity (Wildman–Crippen MR) is 115 cm³/mol. The highest BCUT2D eigenvalue weighted by molar-refractivity contribution is 9.11. The van der Waals surface area contributed by atoms with E-state index in [4.69, 9.17) is 4.98 Å². The fourth-order valence-corrected chi connectivity index (χ4v) is 4.68. The molecule has 2 N–H and O–H groups in total. The van der Waals surface area contributed by atoms with Crippen LogP contribution in [-0.2, 0) is 5.41 Å². The summed E-state index contributed by atoms with van der Waals surface area (Å²) in [6.07, 6.45) is 3.43. The average Bonchev–Trinajstić information content (AvgIpc) is 3.15. The van der Waals surface area contributed by atoms with Crippen molar-refractivity contribution in [2.75, 3.05) is 5.01 Å². The van der Waals surface area contributed by atoms with Crippen molar-refractivity contribution in [2.45, 2.75) is 39.3 Å².